The molecule has 136 valence electrons. The largest absolute Gasteiger partial charge is 0.465 e. The number of ether oxygens (including phenoxy) is 2. The highest BCUT2D eigenvalue weighted by molar-refractivity contribution is 6.36. The lowest BCUT2D eigenvalue weighted by atomic mass is 10.1. The standard InChI is InChI=1S/C17H19ClFNO5/c1-8(20-16(22)25-17(2,3)4)13-12(18)10-6-9(19)7-11(14(10)24-13)15(21)23-5/h6-8H,1-5H3,(H,20,22)/t8-/m0/s1. The van der Waals surface area contributed by atoms with Crippen LogP contribution in [0.2, 0.25) is 5.02 Å². The molecule has 1 heterocycles. The molecule has 0 saturated carbocycles. The third-order valence-electron chi connectivity index (χ3n) is 3.25. The van der Waals surface area contributed by atoms with Crippen LogP contribution < -0.4 is 5.32 Å². The molecule has 0 fully saturated rings. The van der Waals surface area contributed by atoms with E-state index in [2.05, 4.69) is 10.1 Å². The summed E-state index contributed by atoms with van der Waals surface area (Å²) < 4.78 is 29.2. The number of methoxy groups -OCH3 is 1. The first kappa shape index (κ1) is 19.1. The Morgan fingerprint density at radius 2 is 1.96 bits per heavy atom. The monoisotopic (exact) mass is 371 g/mol. The molecule has 1 N–H and O–H groups in total. The summed E-state index contributed by atoms with van der Waals surface area (Å²) in [4.78, 5) is 23.7. The average Bonchev–Trinajstić information content (AvgIpc) is 2.81. The number of nitrogens with one attached hydrogen (secondary N) is 1. The van der Waals surface area contributed by atoms with Crippen LogP contribution in [-0.4, -0.2) is 24.8 Å². The van der Waals surface area contributed by atoms with Crippen LogP contribution in [0.15, 0.2) is 16.5 Å². The summed E-state index contributed by atoms with van der Waals surface area (Å²) in [5, 5.41) is 2.90. The highest BCUT2D eigenvalue weighted by Crippen LogP contribution is 2.36. The molecule has 1 atom stereocenters. The van der Waals surface area contributed by atoms with E-state index < -0.39 is 29.5 Å². The summed E-state index contributed by atoms with van der Waals surface area (Å²) in [6.07, 6.45) is -0.657. The summed E-state index contributed by atoms with van der Waals surface area (Å²) in [5.74, 6) is -1.23. The number of esters is 1. The van der Waals surface area contributed by atoms with Gasteiger partial charge < -0.3 is 19.2 Å². The van der Waals surface area contributed by atoms with Gasteiger partial charge in [-0.2, -0.15) is 0 Å². The van der Waals surface area contributed by atoms with E-state index in [1.54, 1.807) is 27.7 Å². The van der Waals surface area contributed by atoms with E-state index in [0.717, 1.165) is 12.1 Å². The van der Waals surface area contributed by atoms with Gasteiger partial charge in [0.1, 0.15) is 22.7 Å². The Labute approximate surface area is 149 Å². The Morgan fingerprint density at radius 1 is 1.32 bits per heavy atom. The quantitative estimate of drug-likeness (QED) is 0.798. The van der Waals surface area contributed by atoms with Crippen molar-refractivity contribution >= 4 is 34.6 Å². The predicted molar refractivity (Wildman–Crippen MR) is 90.3 cm³/mol. The van der Waals surface area contributed by atoms with Crippen molar-refractivity contribution in [3.8, 4) is 0 Å². The lowest BCUT2D eigenvalue weighted by Gasteiger charge is -2.21. The fourth-order valence-corrected chi connectivity index (χ4v) is 2.59. The van der Waals surface area contributed by atoms with Crippen LogP contribution in [0.1, 0.15) is 49.9 Å². The van der Waals surface area contributed by atoms with Crippen LogP contribution in [-0.2, 0) is 9.47 Å². The molecule has 25 heavy (non-hydrogen) atoms. The molecule has 0 aliphatic carbocycles. The number of carbonyl (C=O) groups is 2. The zero-order valence-electron chi connectivity index (χ0n) is 14.5. The minimum atomic E-state index is -0.755. The van der Waals surface area contributed by atoms with Gasteiger partial charge in [-0.05, 0) is 39.8 Å². The van der Waals surface area contributed by atoms with Gasteiger partial charge in [0.2, 0.25) is 0 Å². The smallest absolute Gasteiger partial charge is 0.408 e. The predicted octanol–water partition coefficient (Wildman–Crippen LogP) is 4.60. The lowest BCUT2D eigenvalue weighted by molar-refractivity contribution is 0.0501. The van der Waals surface area contributed by atoms with Crippen molar-refractivity contribution in [2.45, 2.75) is 39.3 Å². The topological polar surface area (TPSA) is 77.8 Å². The van der Waals surface area contributed by atoms with Crippen molar-refractivity contribution in [3.05, 3.63) is 34.3 Å². The highest BCUT2D eigenvalue weighted by atomic mass is 35.5. The molecule has 1 aromatic carbocycles. The Kier molecular flexibility index (Phi) is 5.27. The molecule has 2 aromatic rings. The van der Waals surface area contributed by atoms with Gasteiger partial charge in [0.05, 0.1) is 18.2 Å². The molecule has 0 saturated heterocycles. The van der Waals surface area contributed by atoms with E-state index in [-0.39, 0.29) is 27.3 Å². The summed E-state index contributed by atoms with van der Waals surface area (Å²) in [6.45, 7) is 6.83. The van der Waals surface area contributed by atoms with Gasteiger partial charge in [0.25, 0.3) is 0 Å². The van der Waals surface area contributed by atoms with Crippen LogP contribution in [0.3, 0.4) is 0 Å². The van der Waals surface area contributed by atoms with Gasteiger partial charge in [-0.15, -0.1) is 0 Å². The molecule has 0 bridgehead atoms. The number of carbonyl (C=O) groups excluding carboxylic acids is 2. The van der Waals surface area contributed by atoms with Gasteiger partial charge in [-0.1, -0.05) is 11.6 Å². The van der Waals surface area contributed by atoms with Crippen molar-refractivity contribution < 1.29 is 27.9 Å². The van der Waals surface area contributed by atoms with Crippen molar-refractivity contribution in [2.75, 3.05) is 7.11 Å². The second-order valence-corrected chi connectivity index (χ2v) is 6.85. The third kappa shape index (κ3) is 4.22. The lowest BCUT2D eigenvalue weighted by Crippen LogP contribution is -2.33. The Hall–Kier alpha value is -2.28. The summed E-state index contributed by atoms with van der Waals surface area (Å²) >= 11 is 6.26. The maximum absolute atomic E-state index is 13.8. The number of furan rings is 1. The van der Waals surface area contributed by atoms with Crippen LogP contribution in [0.5, 0.6) is 0 Å². The van der Waals surface area contributed by atoms with E-state index in [1.165, 1.54) is 7.11 Å². The van der Waals surface area contributed by atoms with Crippen molar-refractivity contribution in [3.63, 3.8) is 0 Å². The van der Waals surface area contributed by atoms with Gasteiger partial charge in [0.15, 0.2) is 5.58 Å². The first-order valence-electron chi connectivity index (χ1n) is 7.52. The van der Waals surface area contributed by atoms with E-state index in [4.69, 9.17) is 20.8 Å². The van der Waals surface area contributed by atoms with Crippen LogP contribution in [0.25, 0.3) is 11.0 Å². The third-order valence-corrected chi connectivity index (χ3v) is 3.64. The van der Waals surface area contributed by atoms with Crippen LogP contribution in [0, 0.1) is 5.82 Å². The molecule has 0 unspecified atom stereocenters. The fraction of sp³-hybridized carbons (Fsp3) is 0.412. The molecule has 6 nitrogen and oxygen atoms in total. The minimum absolute atomic E-state index is 0.0879. The van der Waals surface area contributed by atoms with Gasteiger partial charge >= 0.3 is 12.1 Å². The number of hydrogen-bond acceptors (Lipinski definition) is 5. The second kappa shape index (κ2) is 6.92. The number of fused-ring (bicyclic) bond motifs is 1. The van der Waals surface area contributed by atoms with Crippen LogP contribution >= 0.6 is 11.6 Å². The number of benzene rings is 1. The highest BCUT2D eigenvalue weighted by Gasteiger charge is 2.26. The van der Waals surface area contributed by atoms with Crippen molar-refractivity contribution in [1.29, 1.82) is 0 Å². The Bertz CT molecular complexity index is 825. The number of hydrogen-bond donors (Lipinski definition) is 1. The molecular weight excluding hydrogens is 353 g/mol. The SMILES string of the molecule is COC(=O)c1cc(F)cc2c(Cl)c([C@H](C)NC(=O)OC(C)(C)C)oc12. The average molecular weight is 372 g/mol. The molecule has 1 aromatic heterocycles. The number of alkyl carbamates (subject to hydrolysis) is 1. The maximum Gasteiger partial charge on any atom is 0.408 e. The number of halogens is 2. The van der Waals surface area contributed by atoms with Crippen LogP contribution in [0.4, 0.5) is 9.18 Å². The molecule has 2 rings (SSSR count). The molecule has 0 radical (unpaired) electrons. The van der Waals surface area contributed by atoms with Crippen molar-refractivity contribution in [1.82, 2.24) is 5.32 Å². The number of amides is 1. The summed E-state index contributed by atoms with van der Waals surface area (Å²) in [6, 6.07) is 1.49. The molecule has 0 aliphatic heterocycles. The summed E-state index contributed by atoms with van der Waals surface area (Å²) in [5.41, 5.74) is -0.663. The van der Waals surface area contributed by atoms with E-state index in [1.807, 2.05) is 0 Å². The fourth-order valence-electron chi connectivity index (χ4n) is 2.24. The zero-order valence-corrected chi connectivity index (χ0v) is 15.3. The second-order valence-electron chi connectivity index (χ2n) is 6.47. The molecule has 0 spiro atoms. The molecule has 1 amide bonds. The van der Waals surface area contributed by atoms with E-state index in [9.17, 15) is 14.0 Å². The first-order chi connectivity index (χ1) is 11.5. The first-order valence-corrected chi connectivity index (χ1v) is 7.90. The molecular formula is C17H19ClFNO5. The zero-order chi connectivity index (χ0) is 18.9. The van der Waals surface area contributed by atoms with Gasteiger partial charge in [-0.3, -0.25) is 0 Å². The molecule has 0 aliphatic rings. The maximum atomic E-state index is 13.8. The van der Waals surface area contributed by atoms with E-state index >= 15 is 0 Å². The van der Waals surface area contributed by atoms with Gasteiger partial charge in [-0.25, -0.2) is 14.0 Å². The number of rotatable bonds is 3. The summed E-state index contributed by atoms with van der Waals surface area (Å²) in [7, 11) is 1.18. The normalized spacial score (nSPS) is 12.8. The Balaban J connectivity index is 2.41. The van der Waals surface area contributed by atoms with Gasteiger partial charge in [0, 0.05) is 5.39 Å². The minimum Gasteiger partial charge on any atom is -0.465 e. The van der Waals surface area contributed by atoms with Crippen molar-refractivity contribution in [2.24, 2.45) is 0 Å². The Morgan fingerprint density at radius 3 is 2.52 bits per heavy atom. The van der Waals surface area contributed by atoms with E-state index in [0.29, 0.717) is 0 Å². The molecule has 8 heteroatoms.